The van der Waals surface area contributed by atoms with Crippen molar-refractivity contribution in [3.8, 4) is 5.75 Å². The van der Waals surface area contributed by atoms with Crippen molar-refractivity contribution < 1.29 is 4.74 Å². The number of piperidine rings is 1. The Kier molecular flexibility index (Phi) is 10.3. The molecular weight excluding hydrogens is 509 g/mol. The van der Waals surface area contributed by atoms with Gasteiger partial charge >= 0.3 is 0 Å². The van der Waals surface area contributed by atoms with Crippen molar-refractivity contribution >= 4 is 41.3 Å². The topological polar surface area (TPSA) is 53.0 Å². The van der Waals surface area contributed by atoms with Gasteiger partial charge in [0.25, 0.3) is 0 Å². The molecule has 1 aromatic carbocycles. The van der Waals surface area contributed by atoms with Gasteiger partial charge < -0.3 is 15.0 Å². The van der Waals surface area contributed by atoms with Gasteiger partial charge in [-0.25, -0.2) is 4.98 Å². The van der Waals surface area contributed by atoms with E-state index in [4.69, 9.17) is 4.74 Å². The number of rotatable bonds is 7. The highest BCUT2D eigenvalue weighted by Crippen LogP contribution is 2.26. The van der Waals surface area contributed by atoms with Gasteiger partial charge in [-0.3, -0.25) is 9.89 Å². The van der Waals surface area contributed by atoms with E-state index in [0.717, 1.165) is 48.6 Å². The fraction of sp³-hybridized carbons (Fsp3) is 0.545. The highest BCUT2D eigenvalue weighted by atomic mass is 127. The molecule has 2 aromatic rings. The van der Waals surface area contributed by atoms with Gasteiger partial charge in [0.1, 0.15) is 5.75 Å². The monoisotopic (exact) mass is 543 g/mol. The summed E-state index contributed by atoms with van der Waals surface area (Å²) in [5.41, 5.74) is 2.40. The number of likely N-dealkylation sites (tertiary alicyclic amines) is 1. The van der Waals surface area contributed by atoms with Crippen LogP contribution in [0.15, 0.2) is 34.6 Å². The lowest BCUT2D eigenvalue weighted by atomic mass is 10.0. The first-order chi connectivity index (χ1) is 14.1. The zero-order valence-electron chi connectivity index (χ0n) is 18.4. The third-order valence-corrected chi connectivity index (χ3v) is 6.25. The molecule has 1 fully saturated rings. The number of hydrogen-bond donors (Lipinski definition) is 1. The van der Waals surface area contributed by atoms with Crippen molar-refractivity contribution in [2.45, 2.75) is 38.8 Å². The summed E-state index contributed by atoms with van der Waals surface area (Å²) >= 11 is 1.69. The highest BCUT2D eigenvalue weighted by molar-refractivity contribution is 14.0. The molecule has 0 aliphatic carbocycles. The molecule has 0 amide bonds. The van der Waals surface area contributed by atoms with E-state index in [-0.39, 0.29) is 24.0 Å². The van der Waals surface area contributed by atoms with Gasteiger partial charge in [0.15, 0.2) is 5.96 Å². The molecule has 1 atom stereocenters. The van der Waals surface area contributed by atoms with Crippen LogP contribution in [0.2, 0.25) is 0 Å². The molecule has 1 unspecified atom stereocenters. The Morgan fingerprint density at radius 1 is 1.27 bits per heavy atom. The third-order valence-electron chi connectivity index (χ3n) is 5.42. The zero-order chi connectivity index (χ0) is 20.6. The first-order valence-corrected chi connectivity index (χ1v) is 11.2. The van der Waals surface area contributed by atoms with Crippen LogP contribution in [0.1, 0.15) is 41.6 Å². The quantitative estimate of drug-likeness (QED) is 0.321. The van der Waals surface area contributed by atoms with Gasteiger partial charge in [-0.1, -0.05) is 18.6 Å². The van der Waals surface area contributed by atoms with Crippen LogP contribution in [-0.2, 0) is 6.54 Å². The number of benzene rings is 1. The molecule has 0 bridgehead atoms. The van der Waals surface area contributed by atoms with Gasteiger partial charge in [-0.05, 0) is 50.6 Å². The van der Waals surface area contributed by atoms with Crippen LogP contribution >= 0.6 is 35.3 Å². The second kappa shape index (κ2) is 12.5. The predicted molar refractivity (Wildman–Crippen MR) is 136 cm³/mol. The lowest BCUT2D eigenvalue weighted by Gasteiger charge is -2.36. The van der Waals surface area contributed by atoms with E-state index >= 15 is 0 Å². The van der Waals surface area contributed by atoms with E-state index < -0.39 is 0 Å². The predicted octanol–water partition coefficient (Wildman–Crippen LogP) is 4.31. The summed E-state index contributed by atoms with van der Waals surface area (Å²) in [5.74, 6) is 1.79. The maximum absolute atomic E-state index is 5.34. The lowest BCUT2D eigenvalue weighted by Crippen LogP contribution is -2.44. The minimum Gasteiger partial charge on any atom is -0.497 e. The van der Waals surface area contributed by atoms with E-state index in [1.165, 1.54) is 24.8 Å². The molecule has 3 rings (SSSR count). The number of nitrogens with one attached hydrogen (secondary N) is 1. The summed E-state index contributed by atoms with van der Waals surface area (Å²) in [7, 11) is 5.62. The highest BCUT2D eigenvalue weighted by Gasteiger charge is 2.23. The number of aryl methyl sites for hydroxylation is 1. The average molecular weight is 544 g/mol. The molecule has 166 valence electrons. The SMILES string of the molecule is CN=C(NCC(c1ccc(OC)cc1)N1CCCCC1)N(C)Cc1csc(C)n1.I. The molecule has 1 saturated heterocycles. The second-order valence-corrected chi connectivity index (χ2v) is 8.59. The summed E-state index contributed by atoms with van der Waals surface area (Å²) in [6.07, 6.45) is 3.87. The Morgan fingerprint density at radius 3 is 2.53 bits per heavy atom. The number of hydrogen-bond acceptors (Lipinski definition) is 5. The molecule has 6 nitrogen and oxygen atoms in total. The number of guanidine groups is 1. The van der Waals surface area contributed by atoms with Crippen LogP contribution in [0.25, 0.3) is 0 Å². The zero-order valence-corrected chi connectivity index (χ0v) is 21.6. The van der Waals surface area contributed by atoms with Crippen LogP contribution in [0.4, 0.5) is 0 Å². The maximum Gasteiger partial charge on any atom is 0.193 e. The lowest BCUT2D eigenvalue weighted by molar-refractivity contribution is 0.163. The number of ether oxygens (including phenoxy) is 1. The average Bonchev–Trinajstić information content (AvgIpc) is 3.16. The minimum absolute atomic E-state index is 0. The number of aromatic nitrogens is 1. The van der Waals surface area contributed by atoms with E-state index in [2.05, 4.69) is 61.8 Å². The molecule has 30 heavy (non-hydrogen) atoms. The second-order valence-electron chi connectivity index (χ2n) is 7.53. The molecule has 0 saturated carbocycles. The first kappa shape index (κ1) is 24.9. The van der Waals surface area contributed by atoms with Gasteiger partial charge in [-0.2, -0.15) is 0 Å². The molecule has 1 aliphatic heterocycles. The summed E-state index contributed by atoms with van der Waals surface area (Å²) in [6, 6.07) is 8.79. The number of methoxy groups -OCH3 is 1. The summed E-state index contributed by atoms with van der Waals surface area (Å²) in [6.45, 7) is 5.90. The fourth-order valence-electron chi connectivity index (χ4n) is 3.89. The standard InChI is InChI=1S/C22H33N5OS.HI/c1-17-25-19(16-29-17)15-26(3)22(23-2)24-14-21(27-12-6-5-7-13-27)18-8-10-20(28-4)11-9-18;/h8-11,16,21H,5-7,12-15H2,1-4H3,(H,23,24);1H. The third kappa shape index (κ3) is 6.81. The molecule has 1 N–H and O–H groups in total. The van der Waals surface area contributed by atoms with Crippen LogP contribution in [0.5, 0.6) is 5.75 Å². The van der Waals surface area contributed by atoms with Gasteiger partial charge in [-0.15, -0.1) is 35.3 Å². The first-order valence-electron chi connectivity index (χ1n) is 10.3. The largest absolute Gasteiger partial charge is 0.497 e. The molecule has 0 spiro atoms. The molecule has 1 aromatic heterocycles. The molecule has 2 heterocycles. The number of thiazole rings is 1. The summed E-state index contributed by atoms with van der Waals surface area (Å²) < 4.78 is 5.34. The Hall–Kier alpha value is -1.39. The van der Waals surface area contributed by atoms with E-state index in [9.17, 15) is 0 Å². The van der Waals surface area contributed by atoms with Crippen molar-refractivity contribution in [2.24, 2.45) is 4.99 Å². The van der Waals surface area contributed by atoms with Gasteiger partial charge in [0.2, 0.25) is 0 Å². The van der Waals surface area contributed by atoms with Gasteiger partial charge in [0.05, 0.1) is 30.4 Å². The minimum atomic E-state index is 0. The van der Waals surface area contributed by atoms with Crippen LogP contribution < -0.4 is 10.1 Å². The summed E-state index contributed by atoms with van der Waals surface area (Å²) in [5, 5.41) is 6.82. The van der Waals surface area contributed by atoms with Crippen molar-refractivity contribution in [1.29, 1.82) is 0 Å². The van der Waals surface area contributed by atoms with E-state index in [1.54, 1.807) is 18.4 Å². The number of aliphatic imine (C=N–C) groups is 1. The van der Waals surface area contributed by atoms with E-state index in [0.29, 0.717) is 6.04 Å². The molecule has 8 heteroatoms. The Bertz CT molecular complexity index is 789. The normalized spacial score (nSPS) is 15.9. The van der Waals surface area contributed by atoms with Crippen molar-refractivity contribution in [1.82, 2.24) is 20.1 Å². The van der Waals surface area contributed by atoms with Crippen LogP contribution in [-0.4, -0.2) is 61.6 Å². The summed E-state index contributed by atoms with van der Waals surface area (Å²) in [4.78, 5) is 13.8. The smallest absolute Gasteiger partial charge is 0.193 e. The van der Waals surface area contributed by atoms with Crippen molar-refractivity contribution in [3.05, 3.63) is 45.9 Å². The number of halogens is 1. The van der Waals surface area contributed by atoms with Crippen molar-refractivity contribution in [3.63, 3.8) is 0 Å². The molecule has 1 aliphatic rings. The molecule has 0 radical (unpaired) electrons. The Labute approximate surface area is 201 Å². The number of nitrogens with zero attached hydrogens (tertiary/aromatic N) is 4. The van der Waals surface area contributed by atoms with Crippen LogP contribution in [0.3, 0.4) is 0 Å². The van der Waals surface area contributed by atoms with Crippen molar-refractivity contribution in [2.75, 3.05) is 40.8 Å². The fourth-order valence-corrected chi connectivity index (χ4v) is 4.49. The van der Waals surface area contributed by atoms with Crippen LogP contribution in [0, 0.1) is 6.92 Å². The maximum atomic E-state index is 5.34. The van der Waals surface area contributed by atoms with Gasteiger partial charge in [0, 0.05) is 26.0 Å². The molecular formula is C22H34IN5OS. The Morgan fingerprint density at radius 2 is 1.97 bits per heavy atom. The van der Waals surface area contributed by atoms with E-state index in [1.807, 2.05) is 14.0 Å². The Balaban J connectivity index is 0.00000320.